The lowest BCUT2D eigenvalue weighted by Gasteiger charge is -2.28. The molecule has 0 amide bonds. The molecule has 5 aromatic rings. The first-order chi connectivity index (χ1) is 36.2. The summed E-state index contributed by atoms with van der Waals surface area (Å²) < 4.78 is 112. The maximum Gasteiger partial charge on any atom is 0.490 e. The number of unbranched alkanes of at least 4 members (excludes halogenated alkanes) is 1. The van der Waals surface area contributed by atoms with Gasteiger partial charge in [-0.2, -0.15) is 8.62 Å². The summed E-state index contributed by atoms with van der Waals surface area (Å²) in [6, 6.07) is 0.930. The molecule has 3 aliphatic heterocycles. The van der Waals surface area contributed by atoms with Gasteiger partial charge in [0.1, 0.15) is 54.1 Å². The number of hydrogen-bond acceptors (Lipinski definition) is 26. The Morgan fingerprint density at radius 1 is 0.805 bits per heavy atom. The number of methoxy groups -OCH3 is 1. The highest BCUT2D eigenvalue weighted by molar-refractivity contribution is 7.66. The van der Waals surface area contributed by atoms with Crippen molar-refractivity contribution in [2.24, 2.45) is 13.0 Å². The predicted molar refractivity (Wildman–Crippen MR) is 254 cm³/mol. The number of aryl methyl sites for hydroxylation is 1. The van der Waals surface area contributed by atoms with Crippen molar-refractivity contribution >= 4 is 65.2 Å². The van der Waals surface area contributed by atoms with Crippen molar-refractivity contribution in [3.05, 3.63) is 62.4 Å². The molecule has 0 bridgehead atoms. The van der Waals surface area contributed by atoms with Crippen molar-refractivity contribution in [1.29, 1.82) is 0 Å². The molecule has 16 atom stereocenters. The van der Waals surface area contributed by atoms with E-state index in [0.29, 0.717) is 6.61 Å². The summed E-state index contributed by atoms with van der Waals surface area (Å²) in [5.74, 6) is -1.28. The van der Waals surface area contributed by atoms with Gasteiger partial charge in [0, 0.05) is 38.5 Å². The summed E-state index contributed by atoms with van der Waals surface area (Å²) in [6.07, 6.45) is -9.87. The van der Waals surface area contributed by atoms with Gasteiger partial charge in [-0.25, -0.2) is 38.0 Å². The van der Waals surface area contributed by atoms with Crippen molar-refractivity contribution in [2.45, 2.75) is 93.3 Å². The van der Waals surface area contributed by atoms with Crippen LogP contribution in [0.2, 0.25) is 0 Å². The number of ether oxygens (including phenoxy) is 5. The zero-order chi connectivity index (χ0) is 55.9. The fourth-order valence-corrected chi connectivity index (χ4v) is 14.3. The topological polar surface area (TPSA) is 507 Å². The van der Waals surface area contributed by atoms with E-state index < -0.39 is 141 Å². The largest absolute Gasteiger partial charge is 0.490 e. The second-order valence-corrected chi connectivity index (χ2v) is 24.3. The lowest BCUT2D eigenvalue weighted by molar-refractivity contribution is -0.745. The number of aromatic nitrogens is 10. The van der Waals surface area contributed by atoms with E-state index in [-0.39, 0.29) is 47.1 Å². The molecular weight excluding hydrogens is 1120 g/mol. The summed E-state index contributed by atoms with van der Waals surface area (Å²) in [5.41, 5.74) is 7.42. The third-order valence-corrected chi connectivity index (χ3v) is 18.7. The minimum atomic E-state index is -6.20. The molecule has 3 aliphatic rings. The van der Waals surface area contributed by atoms with Gasteiger partial charge in [0.15, 0.2) is 30.2 Å². The number of anilines is 2. The summed E-state index contributed by atoms with van der Waals surface area (Å²) in [6.45, 7) is -0.832. The van der Waals surface area contributed by atoms with Gasteiger partial charge in [-0.15, -0.1) is 0 Å². The minimum Gasteiger partial charge on any atom is -0.387 e. The first kappa shape index (κ1) is 58.6. The van der Waals surface area contributed by atoms with E-state index in [1.807, 2.05) is 11.9 Å². The number of aliphatic hydroxyl groups excluding tert-OH is 3. The van der Waals surface area contributed by atoms with E-state index >= 15 is 0 Å². The first-order valence-electron chi connectivity index (χ1n) is 23.0. The Hall–Kier alpha value is -4.58. The molecular formula is C37H55N12O24P4+. The van der Waals surface area contributed by atoms with Gasteiger partial charge in [0.05, 0.1) is 39.3 Å². The number of fused-ring (bicyclic) bond motifs is 2. The Labute approximate surface area is 431 Å². The van der Waals surface area contributed by atoms with Crippen LogP contribution in [0.25, 0.3) is 22.3 Å². The van der Waals surface area contributed by atoms with Gasteiger partial charge < -0.3 is 74.6 Å². The Bertz CT molecular complexity index is 3320. The smallest absolute Gasteiger partial charge is 0.387 e. The third kappa shape index (κ3) is 12.7. The highest BCUT2D eigenvalue weighted by atomic mass is 31.3. The number of nitrogen functional groups attached to an aromatic ring is 2. The highest BCUT2D eigenvalue weighted by Gasteiger charge is 2.58. The summed E-state index contributed by atoms with van der Waals surface area (Å²) in [7, 11) is -20.7. The molecule has 3 fully saturated rings. The normalized spacial score (nSPS) is 29.9. The lowest BCUT2D eigenvalue weighted by Crippen LogP contribution is -2.45. The Morgan fingerprint density at radius 3 is 2.16 bits per heavy atom. The average Bonchev–Trinajstić information content (AvgIpc) is 4.24. The van der Waals surface area contributed by atoms with E-state index in [4.69, 9.17) is 48.7 Å². The minimum absolute atomic E-state index is 0.00123. The van der Waals surface area contributed by atoms with E-state index in [0.717, 1.165) is 49.4 Å². The summed E-state index contributed by atoms with van der Waals surface area (Å²) in [5, 5.41) is 33.1. The molecule has 13 N–H and O–H groups in total. The van der Waals surface area contributed by atoms with Gasteiger partial charge in [0.2, 0.25) is 11.7 Å². The maximum atomic E-state index is 14.3. The van der Waals surface area contributed by atoms with Crippen LogP contribution in [0.1, 0.15) is 44.9 Å². The molecule has 3 saturated heterocycles. The molecule has 0 radical (unpaired) electrons. The van der Waals surface area contributed by atoms with Crippen LogP contribution in [0.3, 0.4) is 0 Å². The Morgan fingerprint density at radius 2 is 1.48 bits per heavy atom. The predicted octanol–water partition coefficient (Wildman–Crippen LogP) is -2.35. The number of nitrogens with two attached hydrogens (primary N) is 2. The van der Waals surface area contributed by atoms with Crippen molar-refractivity contribution in [2.75, 3.05) is 51.6 Å². The van der Waals surface area contributed by atoms with Crippen molar-refractivity contribution in [1.82, 2.24) is 43.6 Å². The Kier molecular flexibility index (Phi) is 17.7. The van der Waals surface area contributed by atoms with Crippen molar-refractivity contribution in [3.8, 4) is 0 Å². The number of H-pyrrole nitrogens is 2. The quantitative estimate of drug-likeness (QED) is 0.0175. The van der Waals surface area contributed by atoms with Gasteiger partial charge >= 0.3 is 42.4 Å². The molecule has 8 rings (SSSR count). The second-order valence-electron chi connectivity index (χ2n) is 17.7. The van der Waals surface area contributed by atoms with Gasteiger partial charge in [-0.1, -0.05) is 18.3 Å². The maximum absolute atomic E-state index is 14.3. The number of rotatable bonds is 24. The van der Waals surface area contributed by atoms with Crippen LogP contribution >= 0.6 is 31.1 Å². The van der Waals surface area contributed by atoms with E-state index in [2.05, 4.69) is 33.5 Å². The van der Waals surface area contributed by atoms with Crippen LogP contribution in [0.15, 0.2) is 45.6 Å². The van der Waals surface area contributed by atoms with E-state index in [9.17, 15) is 67.5 Å². The first-order valence-corrected chi connectivity index (χ1v) is 29.2. The Balaban J connectivity index is 0.959. The second kappa shape index (κ2) is 23.3. The number of phosphoric acid groups is 3. The number of phosphoric ester groups is 2. The summed E-state index contributed by atoms with van der Waals surface area (Å²) >= 11 is 0. The highest BCUT2D eigenvalue weighted by Crippen LogP contribution is 2.68. The molecule has 40 heteroatoms. The molecule has 4 unspecified atom stereocenters. The van der Waals surface area contributed by atoms with Crippen LogP contribution in [-0.2, 0) is 71.2 Å². The van der Waals surface area contributed by atoms with Crippen LogP contribution < -0.4 is 32.8 Å². The molecule has 8 heterocycles. The number of aliphatic hydroxyl groups is 3. The third-order valence-electron chi connectivity index (χ3n) is 12.6. The molecule has 0 aliphatic carbocycles. The van der Waals surface area contributed by atoms with Crippen molar-refractivity contribution in [3.63, 3.8) is 0 Å². The molecule has 426 valence electrons. The molecule has 77 heavy (non-hydrogen) atoms. The van der Waals surface area contributed by atoms with Crippen LogP contribution in [-0.4, -0.2) is 167 Å². The van der Waals surface area contributed by atoms with Gasteiger partial charge in [0.25, 0.3) is 17.1 Å². The van der Waals surface area contributed by atoms with Crippen LogP contribution in [0, 0.1) is 5.92 Å². The standard InChI is InChI=1S/C37H54N12O24P4/c1-4-5-9-65-10-7-17-18(69-33(24(17)51)49-16-46(2)23-31(49)44-36(39)45-32(23)54)11-67-75(58,59)72-77(62,63)73-76(60,61)68-13-20-28(27(64-3)35(71-20)48-15-42-22-29(38)40-14-41-30(22)48)74(56,57)66-12-19-25(52)26(53)34(70-19)47-8-6-21(50)43-37(47)55/h6,8,14-20,24-28,33-35,51-53H,4-5,7,9-13H2,1-3H3,(H9-,38,39,40,41,43,44,45,50,54,55,56,57,58,59,60,61,62,63)/p+1/t17-,18-,19-,20-,24-,25-,26-,27-,28-,33-,34-,35-/m1/s1. The average molecular weight is 1180 g/mol. The fraction of sp³-hybridized carbons (Fsp3) is 0.622. The van der Waals surface area contributed by atoms with Gasteiger partial charge in [-0.05, 0) is 12.8 Å². The number of hydrogen-bond donors (Lipinski definition) is 11. The summed E-state index contributed by atoms with van der Waals surface area (Å²) in [4.78, 5) is 101. The van der Waals surface area contributed by atoms with E-state index in [1.165, 1.54) is 27.1 Å². The molecule has 0 aromatic carbocycles. The van der Waals surface area contributed by atoms with E-state index in [1.54, 1.807) is 0 Å². The number of nitrogens with zero attached hydrogens (tertiary/aromatic N) is 8. The van der Waals surface area contributed by atoms with Crippen LogP contribution in [0.4, 0.5) is 11.8 Å². The molecule has 36 nitrogen and oxygen atoms in total. The zero-order valence-corrected chi connectivity index (χ0v) is 44.1. The number of nitrogens with one attached hydrogen (secondary N) is 2. The SMILES string of the molecule is CCCCOCC[C@H]1[C@@H](O)[C@H]([n+]2cn(C)c3c(=O)[nH]c(N)nc32)O[C@@H]1COP(=O)(O)OP(=O)(O)OP(=O)(O)OC[C@H]1O[C@@H](n2cnc3c(N)ncnc32)[C@H](OC)[C@@H]1P(=O)(O)OC[C@H]1O[C@@H](n2ccc(=O)[nH]c2=O)[C@H](O)[C@@H]1O. The number of aromatic amines is 2. The fourth-order valence-electron chi connectivity index (χ4n) is 9.00. The number of imidazole rings is 2. The molecule has 0 saturated carbocycles. The zero-order valence-electron chi connectivity index (χ0n) is 40.6. The monoisotopic (exact) mass is 1180 g/mol. The lowest BCUT2D eigenvalue weighted by atomic mass is 9.95. The molecule has 0 spiro atoms. The van der Waals surface area contributed by atoms with Crippen molar-refractivity contribution < 1.29 is 104 Å². The van der Waals surface area contributed by atoms with Gasteiger partial charge in [-0.3, -0.25) is 46.9 Å². The molecule has 5 aromatic heterocycles. The van der Waals surface area contributed by atoms with Crippen LogP contribution in [0.5, 0.6) is 0 Å².